The number of hydrogen-bond acceptors (Lipinski definition) is 3. The molecule has 4 rings (SSSR count). The summed E-state index contributed by atoms with van der Waals surface area (Å²) in [7, 11) is 0. The first kappa shape index (κ1) is 21.4. The van der Waals surface area contributed by atoms with E-state index in [4.69, 9.17) is 0 Å². The zero-order chi connectivity index (χ0) is 22.0. The van der Waals surface area contributed by atoms with Crippen molar-refractivity contribution < 1.29 is 23.1 Å². The van der Waals surface area contributed by atoms with Gasteiger partial charge in [0, 0.05) is 37.0 Å². The Hall–Kier alpha value is -2.80. The van der Waals surface area contributed by atoms with Crippen LogP contribution in [0.15, 0.2) is 42.5 Å². The van der Waals surface area contributed by atoms with Crippen molar-refractivity contribution in [3.8, 4) is 0 Å². The van der Waals surface area contributed by atoms with Crippen LogP contribution in [0.25, 0.3) is 6.08 Å². The predicted molar refractivity (Wildman–Crippen MR) is 115 cm³/mol. The minimum Gasteiger partial charge on any atom is -0.392 e. The first-order chi connectivity index (χ1) is 14.8. The average molecular weight is 430 g/mol. The lowest BCUT2D eigenvalue weighted by molar-refractivity contribution is -0.137. The number of piperidine rings is 1. The Morgan fingerprint density at radius 2 is 1.87 bits per heavy atom. The topological polar surface area (TPSA) is 52.6 Å². The highest BCUT2D eigenvalue weighted by molar-refractivity contribution is 6.03. The van der Waals surface area contributed by atoms with E-state index in [-0.39, 0.29) is 5.91 Å². The molecule has 1 aliphatic heterocycles. The number of benzene rings is 2. The molecular formula is C24H25F3N2O2. The quantitative estimate of drug-likeness (QED) is 0.685. The molecule has 1 aliphatic carbocycles. The molecule has 1 atom stereocenters. The van der Waals surface area contributed by atoms with Crippen molar-refractivity contribution in [2.45, 2.75) is 44.4 Å². The third kappa shape index (κ3) is 4.93. The highest BCUT2D eigenvalue weighted by atomic mass is 19.4. The molecule has 1 fully saturated rings. The number of halogens is 3. The van der Waals surface area contributed by atoms with Crippen molar-refractivity contribution in [1.82, 2.24) is 0 Å². The Labute approximate surface area is 179 Å². The fourth-order valence-electron chi connectivity index (χ4n) is 4.36. The number of nitrogens with one attached hydrogen (secondary N) is 1. The Morgan fingerprint density at radius 3 is 2.61 bits per heavy atom. The van der Waals surface area contributed by atoms with Crippen molar-refractivity contribution in [3.63, 3.8) is 0 Å². The van der Waals surface area contributed by atoms with Crippen LogP contribution in [0.1, 0.15) is 41.5 Å². The number of anilines is 2. The van der Waals surface area contributed by atoms with Crippen LogP contribution < -0.4 is 10.2 Å². The fraction of sp³-hybridized carbons (Fsp3) is 0.375. The number of aliphatic hydroxyl groups is 1. The highest BCUT2D eigenvalue weighted by Gasteiger charge is 2.31. The molecule has 31 heavy (non-hydrogen) atoms. The average Bonchev–Trinajstić information content (AvgIpc) is 3.13. The lowest BCUT2D eigenvalue weighted by atomic mass is 10.0. The Bertz CT molecular complexity index is 995. The lowest BCUT2D eigenvalue weighted by Crippen LogP contribution is -2.30. The summed E-state index contributed by atoms with van der Waals surface area (Å²) >= 11 is 0. The fourth-order valence-corrected chi connectivity index (χ4v) is 4.36. The van der Waals surface area contributed by atoms with Gasteiger partial charge in [0.15, 0.2) is 0 Å². The minimum absolute atomic E-state index is 0.362. The maximum atomic E-state index is 13.2. The van der Waals surface area contributed by atoms with Crippen molar-refractivity contribution in [3.05, 3.63) is 64.7 Å². The summed E-state index contributed by atoms with van der Waals surface area (Å²) in [6.45, 7) is 1.40. The Balaban J connectivity index is 1.55. The largest absolute Gasteiger partial charge is 0.416 e. The van der Waals surface area contributed by atoms with Gasteiger partial charge in [0.25, 0.3) is 0 Å². The van der Waals surface area contributed by atoms with E-state index in [2.05, 4.69) is 5.32 Å². The van der Waals surface area contributed by atoms with Gasteiger partial charge in [0.05, 0.1) is 11.7 Å². The lowest BCUT2D eigenvalue weighted by Gasteiger charge is -2.30. The second-order valence-electron chi connectivity index (χ2n) is 8.15. The molecule has 2 N–H and O–H groups in total. The molecular weight excluding hydrogens is 405 g/mol. The third-order valence-corrected chi connectivity index (χ3v) is 5.89. The van der Waals surface area contributed by atoms with Crippen LogP contribution in [-0.4, -0.2) is 30.2 Å². The zero-order valence-electron chi connectivity index (χ0n) is 17.1. The first-order valence-electron chi connectivity index (χ1n) is 10.6. The Kier molecular flexibility index (Phi) is 6.05. The molecule has 0 saturated carbocycles. The van der Waals surface area contributed by atoms with E-state index in [1.165, 1.54) is 18.2 Å². The number of nitrogens with zero attached hydrogens (tertiary/aromatic N) is 1. The van der Waals surface area contributed by atoms with Crippen molar-refractivity contribution >= 4 is 23.4 Å². The summed E-state index contributed by atoms with van der Waals surface area (Å²) in [6, 6.07) is 9.21. The third-order valence-electron chi connectivity index (χ3n) is 5.89. The summed E-state index contributed by atoms with van der Waals surface area (Å²) in [5.41, 5.74) is 3.01. The van der Waals surface area contributed by atoms with Crippen molar-refractivity contribution in [1.29, 1.82) is 0 Å². The van der Waals surface area contributed by atoms with Gasteiger partial charge in [-0.2, -0.15) is 13.2 Å². The van der Waals surface area contributed by atoms with Crippen LogP contribution in [0.2, 0.25) is 0 Å². The molecule has 0 spiro atoms. The molecule has 0 aromatic heterocycles. The molecule has 4 nitrogen and oxygen atoms in total. The van der Waals surface area contributed by atoms with Crippen LogP contribution in [0.5, 0.6) is 0 Å². The van der Waals surface area contributed by atoms with E-state index in [9.17, 15) is 23.1 Å². The number of fused-ring (bicyclic) bond motifs is 1. The molecule has 164 valence electrons. The number of alkyl halides is 3. The van der Waals surface area contributed by atoms with E-state index in [0.29, 0.717) is 42.9 Å². The van der Waals surface area contributed by atoms with E-state index in [0.717, 1.165) is 36.5 Å². The summed E-state index contributed by atoms with van der Waals surface area (Å²) in [5, 5.41) is 12.7. The van der Waals surface area contributed by atoms with Crippen LogP contribution in [0.4, 0.5) is 24.5 Å². The molecule has 1 amide bonds. The predicted octanol–water partition coefficient (Wildman–Crippen LogP) is 4.81. The number of rotatable bonds is 4. The van der Waals surface area contributed by atoms with Crippen molar-refractivity contribution in [2.24, 2.45) is 0 Å². The smallest absolute Gasteiger partial charge is 0.392 e. The van der Waals surface area contributed by atoms with Crippen LogP contribution in [0.3, 0.4) is 0 Å². The molecule has 2 aromatic rings. The Morgan fingerprint density at radius 1 is 1.10 bits per heavy atom. The standard InChI is InChI=1S/C24H25F3N2O2/c25-24(26,27)18-9-7-16(22(14-18)29-11-2-1-3-12-29)8-10-23(31)28-21-6-4-5-17-13-19(30)15-20(17)21/h4-10,14,19,30H,1-3,11-13,15H2,(H,28,31)/b10-8+/t19-/m0/s1. The SMILES string of the molecule is O=C(/C=C/c1ccc(C(F)(F)F)cc1N1CCCCC1)Nc1cccc2c1C[C@@H](O)C2. The molecule has 1 heterocycles. The van der Waals surface area contributed by atoms with Gasteiger partial charge < -0.3 is 15.3 Å². The monoisotopic (exact) mass is 430 g/mol. The molecule has 2 aromatic carbocycles. The van der Waals surface area contributed by atoms with Gasteiger partial charge >= 0.3 is 6.18 Å². The second kappa shape index (κ2) is 8.75. The minimum atomic E-state index is -4.41. The van der Waals surface area contributed by atoms with Crippen LogP contribution >= 0.6 is 0 Å². The molecule has 0 radical (unpaired) electrons. The maximum absolute atomic E-state index is 13.2. The van der Waals surface area contributed by atoms with Gasteiger partial charge in [-0.15, -0.1) is 0 Å². The van der Waals surface area contributed by atoms with Gasteiger partial charge in [0.1, 0.15) is 0 Å². The summed E-state index contributed by atoms with van der Waals surface area (Å²) in [6.07, 6.45) is 2.06. The van der Waals surface area contributed by atoms with Gasteiger partial charge in [-0.1, -0.05) is 18.2 Å². The molecule has 1 saturated heterocycles. The van der Waals surface area contributed by atoms with E-state index >= 15 is 0 Å². The highest BCUT2D eigenvalue weighted by Crippen LogP contribution is 2.35. The van der Waals surface area contributed by atoms with Gasteiger partial charge in [-0.05, 0) is 66.6 Å². The van der Waals surface area contributed by atoms with Gasteiger partial charge in [-0.3, -0.25) is 4.79 Å². The molecule has 0 bridgehead atoms. The zero-order valence-corrected chi connectivity index (χ0v) is 17.1. The molecule has 2 aliphatic rings. The van der Waals surface area contributed by atoms with Gasteiger partial charge in [-0.25, -0.2) is 0 Å². The van der Waals surface area contributed by atoms with Gasteiger partial charge in [0.2, 0.25) is 5.91 Å². The second-order valence-corrected chi connectivity index (χ2v) is 8.15. The van der Waals surface area contributed by atoms with E-state index < -0.39 is 17.8 Å². The number of amides is 1. The summed E-state index contributed by atoms with van der Waals surface area (Å²) in [4.78, 5) is 14.5. The van der Waals surface area contributed by atoms with E-state index in [1.54, 1.807) is 12.1 Å². The normalized spacial score (nSPS) is 19.0. The number of carbonyl (C=O) groups excluding carboxylic acids is 1. The summed E-state index contributed by atoms with van der Waals surface area (Å²) < 4.78 is 39.7. The summed E-state index contributed by atoms with van der Waals surface area (Å²) in [5.74, 6) is -0.362. The molecule has 0 unspecified atom stereocenters. The number of hydrogen-bond donors (Lipinski definition) is 2. The van der Waals surface area contributed by atoms with Crippen molar-refractivity contribution in [2.75, 3.05) is 23.3 Å². The van der Waals surface area contributed by atoms with Crippen LogP contribution in [0, 0.1) is 0 Å². The maximum Gasteiger partial charge on any atom is 0.416 e. The van der Waals surface area contributed by atoms with Crippen LogP contribution in [-0.2, 0) is 23.8 Å². The number of aliphatic hydroxyl groups excluding tert-OH is 1. The van der Waals surface area contributed by atoms with E-state index in [1.807, 2.05) is 17.0 Å². The number of carbonyl (C=O) groups is 1. The molecule has 7 heteroatoms. The first-order valence-corrected chi connectivity index (χ1v) is 10.6.